The smallest absolute Gasteiger partial charge is 0.350 e. The lowest BCUT2D eigenvalue weighted by Crippen LogP contribution is -2.38. The minimum Gasteiger partial charge on any atom is -0.462 e. The van der Waals surface area contributed by atoms with Crippen LogP contribution in [-0.4, -0.2) is 24.1 Å². The summed E-state index contributed by atoms with van der Waals surface area (Å²) in [5.74, 6) is -0.666. The standard InChI is InChI=1S/C11H20O4/c1-6-8(2)7-14-10(13)11(4,5)15-9(3)12/h8H,6-7H2,1-5H3. The van der Waals surface area contributed by atoms with Gasteiger partial charge in [-0.3, -0.25) is 4.79 Å². The van der Waals surface area contributed by atoms with Gasteiger partial charge in [0, 0.05) is 6.92 Å². The van der Waals surface area contributed by atoms with Gasteiger partial charge in [0.25, 0.3) is 0 Å². The van der Waals surface area contributed by atoms with E-state index in [1.807, 2.05) is 13.8 Å². The topological polar surface area (TPSA) is 52.6 Å². The summed E-state index contributed by atoms with van der Waals surface area (Å²) in [6.07, 6.45) is 0.946. The molecule has 0 aromatic heterocycles. The third kappa shape index (κ3) is 5.40. The highest BCUT2D eigenvalue weighted by atomic mass is 16.6. The van der Waals surface area contributed by atoms with E-state index in [-0.39, 0.29) is 0 Å². The first kappa shape index (κ1) is 13.9. The molecule has 0 aliphatic heterocycles. The van der Waals surface area contributed by atoms with Gasteiger partial charge in [-0.05, 0) is 19.8 Å². The maximum Gasteiger partial charge on any atom is 0.350 e. The summed E-state index contributed by atoms with van der Waals surface area (Å²) < 4.78 is 9.90. The van der Waals surface area contributed by atoms with Crippen LogP contribution >= 0.6 is 0 Å². The third-order valence-electron chi connectivity index (χ3n) is 2.09. The summed E-state index contributed by atoms with van der Waals surface area (Å²) in [4.78, 5) is 22.2. The lowest BCUT2D eigenvalue weighted by Gasteiger charge is -2.23. The fourth-order valence-corrected chi connectivity index (χ4v) is 0.911. The van der Waals surface area contributed by atoms with Crippen molar-refractivity contribution in [1.82, 2.24) is 0 Å². The highest BCUT2D eigenvalue weighted by Crippen LogP contribution is 2.13. The van der Waals surface area contributed by atoms with Gasteiger partial charge in [0.15, 0.2) is 0 Å². The van der Waals surface area contributed by atoms with Crippen molar-refractivity contribution in [3.05, 3.63) is 0 Å². The van der Waals surface area contributed by atoms with Crippen LogP contribution in [0.15, 0.2) is 0 Å². The Kier molecular flexibility index (Phi) is 5.33. The molecule has 0 rings (SSSR count). The van der Waals surface area contributed by atoms with Gasteiger partial charge in [-0.1, -0.05) is 20.3 Å². The predicted molar refractivity (Wildman–Crippen MR) is 56.3 cm³/mol. The van der Waals surface area contributed by atoms with Gasteiger partial charge in [-0.15, -0.1) is 0 Å². The van der Waals surface area contributed by atoms with Crippen molar-refractivity contribution in [2.24, 2.45) is 5.92 Å². The Morgan fingerprint density at radius 2 is 1.87 bits per heavy atom. The molecule has 0 amide bonds. The van der Waals surface area contributed by atoms with Crippen LogP contribution in [-0.2, 0) is 19.1 Å². The molecule has 0 spiro atoms. The molecule has 0 fully saturated rings. The molecule has 0 radical (unpaired) electrons. The lowest BCUT2D eigenvalue weighted by atomic mass is 10.1. The molecule has 4 heteroatoms. The minimum absolute atomic E-state index is 0.321. The van der Waals surface area contributed by atoms with E-state index in [1.54, 1.807) is 0 Å². The van der Waals surface area contributed by atoms with Gasteiger partial charge < -0.3 is 9.47 Å². The largest absolute Gasteiger partial charge is 0.462 e. The molecule has 0 bridgehead atoms. The molecule has 4 nitrogen and oxygen atoms in total. The first-order valence-corrected chi connectivity index (χ1v) is 5.16. The Labute approximate surface area is 90.9 Å². The monoisotopic (exact) mass is 216 g/mol. The summed E-state index contributed by atoms with van der Waals surface area (Å²) >= 11 is 0. The average molecular weight is 216 g/mol. The molecule has 0 N–H and O–H groups in total. The number of hydrogen-bond donors (Lipinski definition) is 0. The van der Waals surface area contributed by atoms with Crippen molar-refractivity contribution in [1.29, 1.82) is 0 Å². The quantitative estimate of drug-likeness (QED) is 0.659. The SMILES string of the molecule is CCC(C)COC(=O)C(C)(C)OC(C)=O. The van der Waals surface area contributed by atoms with Gasteiger partial charge in [-0.2, -0.15) is 0 Å². The van der Waals surface area contributed by atoms with Crippen LogP contribution in [0.1, 0.15) is 41.0 Å². The fourth-order valence-electron chi connectivity index (χ4n) is 0.911. The Morgan fingerprint density at radius 3 is 2.27 bits per heavy atom. The number of carbonyl (C=O) groups excluding carboxylic acids is 2. The molecule has 0 heterocycles. The van der Waals surface area contributed by atoms with Crippen LogP contribution in [0.2, 0.25) is 0 Å². The van der Waals surface area contributed by atoms with E-state index in [4.69, 9.17) is 9.47 Å². The van der Waals surface area contributed by atoms with Gasteiger partial charge in [-0.25, -0.2) is 4.79 Å². The first-order chi connectivity index (χ1) is 6.79. The second kappa shape index (κ2) is 5.73. The second-order valence-electron chi connectivity index (χ2n) is 4.22. The van der Waals surface area contributed by atoms with Crippen LogP contribution in [0.5, 0.6) is 0 Å². The third-order valence-corrected chi connectivity index (χ3v) is 2.09. The number of esters is 2. The van der Waals surface area contributed by atoms with Crippen LogP contribution in [0.25, 0.3) is 0 Å². The van der Waals surface area contributed by atoms with E-state index in [9.17, 15) is 9.59 Å². The number of carbonyl (C=O) groups is 2. The molecule has 0 aliphatic rings. The Balaban J connectivity index is 4.13. The molecule has 0 saturated heterocycles. The van der Waals surface area contributed by atoms with E-state index in [1.165, 1.54) is 20.8 Å². The van der Waals surface area contributed by atoms with Crippen LogP contribution in [0.3, 0.4) is 0 Å². The molecular formula is C11H20O4. The van der Waals surface area contributed by atoms with Gasteiger partial charge in [0.05, 0.1) is 6.61 Å². The Morgan fingerprint density at radius 1 is 1.33 bits per heavy atom. The van der Waals surface area contributed by atoms with Crippen LogP contribution in [0, 0.1) is 5.92 Å². The molecule has 0 aliphatic carbocycles. The van der Waals surface area contributed by atoms with Crippen molar-refractivity contribution in [2.75, 3.05) is 6.61 Å². The minimum atomic E-state index is -1.20. The number of rotatable bonds is 5. The zero-order chi connectivity index (χ0) is 12.1. The summed E-state index contributed by atoms with van der Waals surface area (Å²) in [5.41, 5.74) is -1.20. The fraction of sp³-hybridized carbons (Fsp3) is 0.818. The predicted octanol–water partition coefficient (Wildman–Crippen LogP) is 1.92. The van der Waals surface area contributed by atoms with E-state index >= 15 is 0 Å². The highest BCUT2D eigenvalue weighted by Gasteiger charge is 2.32. The normalized spacial score (nSPS) is 13.1. The van der Waals surface area contributed by atoms with E-state index in [0.29, 0.717) is 12.5 Å². The molecule has 0 aromatic carbocycles. The molecule has 88 valence electrons. The molecule has 1 atom stereocenters. The van der Waals surface area contributed by atoms with Crippen LogP contribution < -0.4 is 0 Å². The van der Waals surface area contributed by atoms with Crippen molar-refractivity contribution in [3.8, 4) is 0 Å². The van der Waals surface area contributed by atoms with Crippen LogP contribution in [0.4, 0.5) is 0 Å². The average Bonchev–Trinajstić information content (AvgIpc) is 2.11. The summed E-state index contributed by atoms with van der Waals surface area (Å²) in [5, 5.41) is 0. The van der Waals surface area contributed by atoms with Gasteiger partial charge in [0.1, 0.15) is 0 Å². The van der Waals surface area contributed by atoms with Crippen molar-refractivity contribution >= 4 is 11.9 Å². The van der Waals surface area contributed by atoms with E-state index in [0.717, 1.165) is 6.42 Å². The number of hydrogen-bond acceptors (Lipinski definition) is 4. The maximum absolute atomic E-state index is 11.5. The Bertz CT molecular complexity index is 233. The first-order valence-electron chi connectivity index (χ1n) is 5.16. The van der Waals surface area contributed by atoms with Gasteiger partial charge in [0.2, 0.25) is 5.60 Å². The molecule has 15 heavy (non-hydrogen) atoms. The highest BCUT2D eigenvalue weighted by molar-refractivity contribution is 5.82. The zero-order valence-electron chi connectivity index (χ0n) is 10.1. The molecule has 1 unspecified atom stereocenters. The maximum atomic E-state index is 11.5. The molecule has 0 aromatic rings. The molecular weight excluding hydrogens is 196 g/mol. The summed E-state index contributed by atoms with van der Waals surface area (Å²) in [6.45, 7) is 8.69. The second-order valence-corrected chi connectivity index (χ2v) is 4.22. The summed E-state index contributed by atoms with van der Waals surface area (Å²) in [7, 11) is 0. The van der Waals surface area contributed by atoms with Crippen molar-refractivity contribution in [3.63, 3.8) is 0 Å². The van der Waals surface area contributed by atoms with Crippen molar-refractivity contribution < 1.29 is 19.1 Å². The van der Waals surface area contributed by atoms with Crippen molar-refractivity contribution in [2.45, 2.75) is 46.6 Å². The summed E-state index contributed by atoms with van der Waals surface area (Å²) in [6, 6.07) is 0. The van der Waals surface area contributed by atoms with E-state index in [2.05, 4.69) is 0 Å². The lowest BCUT2D eigenvalue weighted by molar-refractivity contribution is -0.178. The Hall–Kier alpha value is -1.06. The number of ether oxygens (including phenoxy) is 2. The molecule has 0 saturated carbocycles. The van der Waals surface area contributed by atoms with Gasteiger partial charge >= 0.3 is 11.9 Å². The zero-order valence-corrected chi connectivity index (χ0v) is 10.1. The van der Waals surface area contributed by atoms with E-state index < -0.39 is 17.5 Å².